The molecule has 132 valence electrons. The van der Waals surface area contributed by atoms with Gasteiger partial charge in [0.25, 0.3) is 0 Å². The van der Waals surface area contributed by atoms with E-state index in [1.165, 1.54) is 11.3 Å². The second-order valence-electron chi connectivity index (χ2n) is 6.26. The summed E-state index contributed by atoms with van der Waals surface area (Å²) in [5.41, 5.74) is 2.34. The molecule has 0 spiro atoms. The average molecular weight is 387 g/mol. The minimum absolute atomic E-state index is 0.383. The van der Waals surface area contributed by atoms with Crippen LogP contribution in [0.25, 0.3) is 27.2 Å². The van der Waals surface area contributed by atoms with E-state index in [2.05, 4.69) is 21.3 Å². The van der Waals surface area contributed by atoms with Crippen LogP contribution in [0.5, 0.6) is 0 Å². The number of nitrogens with zero attached hydrogens (tertiary/aromatic N) is 3. The molecule has 0 radical (unpaired) electrons. The van der Waals surface area contributed by atoms with Crippen molar-refractivity contribution in [2.24, 2.45) is 0 Å². The van der Waals surface area contributed by atoms with Gasteiger partial charge in [-0.05, 0) is 18.2 Å². The molecular weight excluding hydrogens is 372 g/mol. The van der Waals surface area contributed by atoms with Crippen LogP contribution in [0.15, 0.2) is 45.9 Å². The van der Waals surface area contributed by atoms with E-state index < -0.39 is 0 Å². The van der Waals surface area contributed by atoms with Crippen molar-refractivity contribution >= 4 is 44.6 Å². The average Bonchev–Trinajstić information content (AvgIpc) is 3.18. The number of rotatable bonds is 2. The van der Waals surface area contributed by atoms with E-state index in [0.717, 1.165) is 42.2 Å². The van der Waals surface area contributed by atoms with Crippen molar-refractivity contribution in [1.82, 2.24) is 14.7 Å². The number of fused-ring (bicyclic) bond motifs is 2. The Balaban J connectivity index is 1.57. The van der Waals surface area contributed by atoms with E-state index in [1.807, 2.05) is 22.6 Å². The summed E-state index contributed by atoms with van der Waals surface area (Å²) in [6.07, 6.45) is 3.57. The van der Waals surface area contributed by atoms with Crippen molar-refractivity contribution < 1.29 is 4.42 Å². The number of hydrogen-bond acceptors (Lipinski definition) is 6. The van der Waals surface area contributed by atoms with Crippen LogP contribution in [0.3, 0.4) is 0 Å². The fraction of sp³-hybridized carbons (Fsp3) is 0.222. The third-order valence-corrected chi connectivity index (χ3v) is 5.72. The smallest absolute Gasteiger partial charge is 0.345 e. The molecule has 0 unspecified atom stereocenters. The molecule has 0 bridgehead atoms. The molecule has 6 nitrogen and oxygen atoms in total. The first kappa shape index (κ1) is 15.9. The molecule has 4 aromatic rings. The van der Waals surface area contributed by atoms with Gasteiger partial charge < -0.3 is 14.6 Å². The lowest BCUT2D eigenvalue weighted by molar-refractivity contribution is 0.561. The highest BCUT2D eigenvalue weighted by molar-refractivity contribution is 7.20. The molecule has 0 saturated carbocycles. The van der Waals surface area contributed by atoms with Gasteiger partial charge in [0.2, 0.25) is 0 Å². The summed E-state index contributed by atoms with van der Waals surface area (Å²) in [6.45, 7) is 3.81. The van der Waals surface area contributed by atoms with Crippen molar-refractivity contribution in [3.63, 3.8) is 0 Å². The maximum atomic E-state index is 12.5. The molecule has 26 heavy (non-hydrogen) atoms. The molecule has 0 aliphatic carbocycles. The van der Waals surface area contributed by atoms with Gasteiger partial charge in [0.1, 0.15) is 9.92 Å². The SMILES string of the molecule is O=c1oc2cc(N3CCNCC3)ccc2cc1-c1cn2cc(Cl)sc2n1. The lowest BCUT2D eigenvalue weighted by atomic mass is 10.1. The second kappa shape index (κ2) is 6.12. The molecule has 1 aliphatic heterocycles. The summed E-state index contributed by atoms with van der Waals surface area (Å²) < 4.78 is 8.08. The molecule has 4 heterocycles. The number of thiazole rings is 1. The first-order valence-electron chi connectivity index (χ1n) is 8.35. The standard InChI is InChI=1S/C18H15ClN4O2S/c19-16-10-23-9-14(21-18(23)26-16)13-7-11-1-2-12(8-15(11)25-17(13)24)22-5-3-20-4-6-22/h1-2,7-10,20H,3-6H2. The number of hydrogen-bond donors (Lipinski definition) is 1. The molecule has 1 aliphatic rings. The Kier molecular flexibility index (Phi) is 3.74. The van der Waals surface area contributed by atoms with Crippen molar-refractivity contribution in [2.45, 2.75) is 0 Å². The van der Waals surface area contributed by atoms with Gasteiger partial charge in [0.05, 0.1) is 11.3 Å². The molecule has 1 N–H and O–H groups in total. The largest absolute Gasteiger partial charge is 0.422 e. The minimum Gasteiger partial charge on any atom is -0.422 e. The normalized spacial score (nSPS) is 15.2. The number of piperazine rings is 1. The zero-order valence-corrected chi connectivity index (χ0v) is 15.3. The molecule has 1 fully saturated rings. The molecule has 1 saturated heterocycles. The van der Waals surface area contributed by atoms with Crippen molar-refractivity contribution in [2.75, 3.05) is 31.1 Å². The summed E-state index contributed by atoms with van der Waals surface area (Å²) >= 11 is 7.35. The third kappa shape index (κ3) is 2.68. The lowest BCUT2D eigenvalue weighted by Gasteiger charge is -2.29. The van der Waals surface area contributed by atoms with E-state index in [9.17, 15) is 4.79 Å². The van der Waals surface area contributed by atoms with Gasteiger partial charge in [-0.1, -0.05) is 22.9 Å². The van der Waals surface area contributed by atoms with Crippen LogP contribution < -0.4 is 15.8 Å². The monoisotopic (exact) mass is 386 g/mol. The maximum Gasteiger partial charge on any atom is 0.345 e. The Bertz CT molecular complexity index is 1140. The predicted molar refractivity (Wildman–Crippen MR) is 105 cm³/mol. The predicted octanol–water partition coefficient (Wildman–Crippen LogP) is 3.23. The molecule has 5 rings (SSSR count). The van der Waals surface area contributed by atoms with Crippen LogP contribution in [0.2, 0.25) is 4.34 Å². The van der Waals surface area contributed by atoms with Crippen LogP contribution >= 0.6 is 22.9 Å². The van der Waals surface area contributed by atoms with Crippen LogP contribution in [-0.4, -0.2) is 35.6 Å². The summed E-state index contributed by atoms with van der Waals surface area (Å²) in [5, 5.41) is 4.22. The van der Waals surface area contributed by atoms with E-state index in [-0.39, 0.29) is 5.63 Å². The lowest BCUT2D eigenvalue weighted by Crippen LogP contribution is -2.43. The zero-order chi connectivity index (χ0) is 17.7. The topological polar surface area (TPSA) is 62.8 Å². The number of aromatic nitrogens is 2. The molecule has 0 amide bonds. The van der Waals surface area contributed by atoms with Crippen LogP contribution in [0.1, 0.15) is 0 Å². The first-order chi connectivity index (χ1) is 12.7. The Morgan fingerprint density at radius 2 is 2.04 bits per heavy atom. The number of imidazole rings is 1. The van der Waals surface area contributed by atoms with Gasteiger partial charge >= 0.3 is 5.63 Å². The van der Waals surface area contributed by atoms with E-state index in [4.69, 9.17) is 16.0 Å². The highest BCUT2D eigenvalue weighted by atomic mass is 35.5. The maximum absolute atomic E-state index is 12.5. The zero-order valence-electron chi connectivity index (χ0n) is 13.7. The van der Waals surface area contributed by atoms with Gasteiger partial charge in [-0.2, -0.15) is 0 Å². The van der Waals surface area contributed by atoms with Gasteiger partial charge in [-0.25, -0.2) is 9.78 Å². The molecule has 3 aromatic heterocycles. The number of nitrogens with one attached hydrogen (secondary N) is 1. The fourth-order valence-corrected chi connectivity index (χ4v) is 4.30. The highest BCUT2D eigenvalue weighted by Gasteiger charge is 2.15. The van der Waals surface area contributed by atoms with Crippen molar-refractivity contribution in [3.8, 4) is 11.3 Å². The fourth-order valence-electron chi connectivity index (χ4n) is 3.30. The van der Waals surface area contributed by atoms with E-state index in [1.54, 1.807) is 12.4 Å². The first-order valence-corrected chi connectivity index (χ1v) is 9.55. The number of halogens is 1. The number of benzene rings is 1. The van der Waals surface area contributed by atoms with E-state index >= 15 is 0 Å². The van der Waals surface area contributed by atoms with Crippen LogP contribution in [0, 0.1) is 0 Å². The molecule has 8 heteroatoms. The Morgan fingerprint density at radius 1 is 1.19 bits per heavy atom. The number of anilines is 1. The highest BCUT2D eigenvalue weighted by Crippen LogP contribution is 2.28. The Morgan fingerprint density at radius 3 is 2.85 bits per heavy atom. The van der Waals surface area contributed by atoms with Crippen molar-refractivity contribution in [1.29, 1.82) is 0 Å². The van der Waals surface area contributed by atoms with Gasteiger partial charge in [0.15, 0.2) is 4.96 Å². The summed E-state index contributed by atoms with van der Waals surface area (Å²) in [4.78, 5) is 20.0. The minimum atomic E-state index is -0.383. The van der Waals surface area contributed by atoms with Crippen LogP contribution in [-0.2, 0) is 0 Å². The third-order valence-electron chi connectivity index (χ3n) is 4.61. The Hall–Kier alpha value is -2.35. The van der Waals surface area contributed by atoms with Gasteiger partial charge in [0, 0.05) is 55.7 Å². The van der Waals surface area contributed by atoms with Crippen LogP contribution in [0.4, 0.5) is 5.69 Å². The molecule has 0 atom stereocenters. The molecule has 1 aromatic carbocycles. The second-order valence-corrected chi connectivity index (χ2v) is 7.90. The summed E-state index contributed by atoms with van der Waals surface area (Å²) in [6, 6.07) is 7.85. The summed E-state index contributed by atoms with van der Waals surface area (Å²) in [7, 11) is 0. The molecular formula is C18H15ClN4O2S. The Labute approximate surface area is 157 Å². The van der Waals surface area contributed by atoms with E-state index in [0.29, 0.717) is 21.2 Å². The summed E-state index contributed by atoms with van der Waals surface area (Å²) in [5.74, 6) is 0. The van der Waals surface area contributed by atoms with Gasteiger partial charge in [-0.15, -0.1) is 0 Å². The van der Waals surface area contributed by atoms with Gasteiger partial charge in [-0.3, -0.25) is 4.40 Å². The van der Waals surface area contributed by atoms with Crippen molar-refractivity contribution in [3.05, 3.63) is 51.4 Å². The quantitative estimate of drug-likeness (QED) is 0.536.